The summed E-state index contributed by atoms with van der Waals surface area (Å²) in [6, 6.07) is 8.21. The summed E-state index contributed by atoms with van der Waals surface area (Å²) in [4.78, 5) is 25.1. The summed E-state index contributed by atoms with van der Waals surface area (Å²) in [5, 5.41) is 5.83. The zero-order valence-corrected chi connectivity index (χ0v) is 17.1. The lowest BCUT2D eigenvalue weighted by atomic mass is 9.99. The SMILES string of the molecule is CC(C)(C)COc1ccncc1NC(=O)c1ccnc(Nc2ccc(CF)cn2)c1. The number of nitrogens with zero attached hydrogens (tertiary/aromatic N) is 3. The molecule has 3 aromatic rings. The monoisotopic (exact) mass is 409 g/mol. The van der Waals surface area contributed by atoms with Crippen molar-refractivity contribution in [2.75, 3.05) is 17.2 Å². The highest BCUT2D eigenvalue weighted by Crippen LogP contribution is 2.26. The smallest absolute Gasteiger partial charge is 0.255 e. The van der Waals surface area contributed by atoms with Gasteiger partial charge in [-0.1, -0.05) is 26.8 Å². The van der Waals surface area contributed by atoms with E-state index < -0.39 is 6.67 Å². The van der Waals surface area contributed by atoms with E-state index in [1.54, 1.807) is 42.7 Å². The molecule has 0 atom stereocenters. The van der Waals surface area contributed by atoms with Gasteiger partial charge < -0.3 is 15.4 Å². The third kappa shape index (κ3) is 5.97. The molecule has 0 unspecified atom stereocenters. The van der Waals surface area contributed by atoms with Crippen molar-refractivity contribution in [2.45, 2.75) is 27.4 Å². The van der Waals surface area contributed by atoms with Crippen LogP contribution in [-0.4, -0.2) is 27.5 Å². The predicted octanol–water partition coefficient (Wildman–Crippen LogP) is 4.76. The number of rotatable bonds is 7. The summed E-state index contributed by atoms with van der Waals surface area (Å²) in [7, 11) is 0. The summed E-state index contributed by atoms with van der Waals surface area (Å²) in [5.74, 6) is 1.17. The quantitative estimate of drug-likeness (QED) is 0.585. The lowest BCUT2D eigenvalue weighted by molar-refractivity contribution is 0.102. The minimum atomic E-state index is -0.572. The molecule has 30 heavy (non-hydrogen) atoms. The third-order valence-electron chi connectivity index (χ3n) is 3.95. The van der Waals surface area contributed by atoms with Crippen LogP contribution in [0.4, 0.5) is 21.7 Å². The molecule has 0 spiro atoms. The molecule has 7 nitrogen and oxygen atoms in total. The van der Waals surface area contributed by atoms with Crippen LogP contribution >= 0.6 is 0 Å². The van der Waals surface area contributed by atoms with Crippen LogP contribution in [-0.2, 0) is 6.67 Å². The zero-order chi connectivity index (χ0) is 21.6. The topological polar surface area (TPSA) is 89.0 Å². The van der Waals surface area contributed by atoms with E-state index in [1.165, 1.54) is 12.4 Å². The van der Waals surface area contributed by atoms with Crippen LogP contribution in [0.3, 0.4) is 0 Å². The average molecular weight is 409 g/mol. The van der Waals surface area contributed by atoms with E-state index in [0.717, 1.165) is 0 Å². The highest BCUT2D eigenvalue weighted by molar-refractivity contribution is 6.05. The number of hydrogen-bond donors (Lipinski definition) is 2. The number of anilines is 3. The van der Waals surface area contributed by atoms with E-state index in [4.69, 9.17) is 4.74 Å². The van der Waals surface area contributed by atoms with E-state index in [9.17, 15) is 9.18 Å². The maximum absolute atomic E-state index is 12.7. The van der Waals surface area contributed by atoms with Crippen molar-refractivity contribution in [3.05, 3.63) is 66.2 Å². The Morgan fingerprint density at radius 3 is 2.60 bits per heavy atom. The van der Waals surface area contributed by atoms with Gasteiger partial charge in [0.1, 0.15) is 29.7 Å². The Morgan fingerprint density at radius 2 is 1.90 bits per heavy atom. The van der Waals surface area contributed by atoms with Crippen LogP contribution in [0.1, 0.15) is 36.7 Å². The first-order valence-corrected chi connectivity index (χ1v) is 9.46. The Morgan fingerprint density at radius 1 is 1.07 bits per heavy atom. The fraction of sp³-hybridized carbons (Fsp3) is 0.273. The van der Waals surface area contributed by atoms with Crippen molar-refractivity contribution < 1.29 is 13.9 Å². The lowest BCUT2D eigenvalue weighted by Gasteiger charge is -2.20. The molecule has 0 aliphatic rings. The fourth-order valence-electron chi connectivity index (χ4n) is 2.44. The van der Waals surface area contributed by atoms with E-state index in [1.807, 2.05) is 0 Å². The molecule has 156 valence electrons. The largest absolute Gasteiger partial charge is 0.491 e. The van der Waals surface area contributed by atoms with Crippen LogP contribution in [0.2, 0.25) is 0 Å². The molecule has 2 N–H and O–H groups in total. The van der Waals surface area contributed by atoms with Gasteiger partial charge in [-0.05, 0) is 23.6 Å². The minimum absolute atomic E-state index is 0.0212. The van der Waals surface area contributed by atoms with Gasteiger partial charge in [-0.15, -0.1) is 0 Å². The molecular weight excluding hydrogens is 385 g/mol. The van der Waals surface area contributed by atoms with Crippen LogP contribution in [0.5, 0.6) is 5.75 Å². The van der Waals surface area contributed by atoms with Gasteiger partial charge in [0.15, 0.2) is 0 Å². The Hall–Kier alpha value is -3.55. The maximum Gasteiger partial charge on any atom is 0.255 e. The maximum atomic E-state index is 12.7. The molecular formula is C22H24FN5O2. The number of amides is 1. The molecule has 0 fully saturated rings. The number of hydrogen-bond acceptors (Lipinski definition) is 6. The normalized spacial score (nSPS) is 11.1. The molecule has 0 radical (unpaired) electrons. The molecule has 3 aromatic heterocycles. The van der Waals surface area contributed by atoms with Crippen molar-refractivity contribution in [1.82, 2.24) is 15.0 Å². The molecule has 8 heteroatoms. The fourth-order valence-corrected chi connectivity index (χ4v) is 2.44. The number of nitrogens with one attached hydrogen (secondary N) is 2. The van der Waals surface area contributed by atoms with Gasteiger partial charge in [0.05, 0.1) is 12.8 Å². The first kappa shape index (κ1) is 21.2. The van der Waals surface area contributed by atoms with Gasteiger partial charge in [-0.25, -0.2) is 14.4 Å². The van der Waals surface area contributed by atoms with Crippen LogP contribution in [0, 0.1) is 5.41 Å². The molecule has 0 aliphatic carbocycles. The van der Waals surface area contributed by atoms with Gasteiger partial charge in [-0.3, -0.25) is 9.78 Å². The predicted molar refractivity (Wildman–Crippen MR) is 114 cm³/mol. The Kier molecular flexibility index (Phi) is 6.56. The van der Waals surface area contributed by atoms with Gasteiger partial charge in [0, 0.05) is 35.8 Å². The first-order chi connectivity index (χ1) is 14.3. The Bertz CT molecular complexity index is 1000. The second-order valence-corrected chi connectivity index (χ2v) is 7.92. The summed E-state index contributed by atoms with van der Waals surface area (Å²) in [5.41, 5.74) is 1.36. The molecule has 3 heterocycles. The Balaban J connectivity index is 1.71. The molecule has 0 aliphatic heterocycles. The number of ether oxygens (including phenoxy) is 1. The number of carbonyl (C=O) groups is 1. The van der Waals surface area contributed by atoms with Crippen molar-refractivity contribution >= 4 is 23.2 Å². The van der Waals surface area contributed by atoms with Gasteiger partial charge in [0.25, 0.3) is 5.91 Å². The Labute approximate surface area is 174 Å². The van der Waals surface area contributed by atoms with E-state index in [0.29, 0.717) is 40.8 Å². The van der Waals surface area contributed by atoms with E-state index >= 15 is 0 Å². The number of carbonyl (C=O) groups excluding carboxylic acids is 1. The summed E-state index contributed by atoms with van der Waals surface area (Å²) < 4.78 is 18.5. The standard InChI is InChI=1S/C22H24FN5O2/c1-22(2,3)14-30-18-7-8-24-13-17(18)27-21(29)16-6-9-25-20(10-16)28-19-5-4-15(11-23)12-26-19/h4-10,12-13H,11,14H2,1-3H3,(H,27,29)(H,25,26,28). The number of alkyl halides is 1. The van der Waals surface area contributed by atoms with Gasteiger partial charge in [0.2, 0.25) is 0 Å². The summed E-state index contributed by atoms with van der Waals surface area (Å²) in [6.45, 7) is 6.13. The highest BCUT2D eigenvalue weighted by Gasteiger charge is 2.15. The van der Waals surface area contributed by atoms with Crippen LogP contribution in [0.15, 0.2) is 55.1 Å². The summed E-state index contributed by atoms with van der Waals surface area (Å²) in [6.07, 6.45) is 6.13. The van der Waals surface area contributed by atoms with Crippen molar-refractivity contribution in [2.24, 2.45) is 5.41 Å². The molecule has 0 saturated carbocycles. The highest BCUT2D eigenvalue weighted by atomic mass is 19.1. The second kappa shape index (κ2) is 9.30. The summed E-state index contributed by atoms with van der Waals surface area (Å²) >= 11 is 0. The molecule has 0 saturated heterocycles. The van der Waals surface area contributed by atoms with Crippen molar-refractivity contribution in [1.29, 1.82) is 0 Å². The van der Waals surface area contributed by atoms with Crippen LogP contribution < -0.4 is 15.4 Å². The van der Waals surface area contributed by atoms with E-state index in [-0.39, 0.29) is 11.3 Å². The average Bonchev–Trinajstić information content (AvgIpc) is 2.73. The van der Waals surface area contributed by atoms with E-state index in [2.05, 4.69) is 46.4 Å². The number of halogens is 1. The molecule has 0 aromatic carbocycles. The lowest BCUT2D eigenvalue weighted by Crippen LogP contribution is -2.18. The molecule has 3 rings (SSSR count). The van der Waals surface area contributed by atoms with Crippen molar-refractivity contribution in [3.63, 3.8) is 0 Å². The number of aromatic nitrogens is 3. The second-order valence-electron chi connectivity index (χ2n) is 7.92. The van der Waals surface area contributed by atoms with Crippen molar-refractivity contribution in [3.8, 4) is 5.75 Å². The van der Waals surface area contributed by atoms with Gasteiger partial charge >= 0.3 is 0 Å². The van der Waals surface area contributed by atoms with Gasteiger partial charge in [-0.2, -0.15) is 0 Å². The zero-order valence-electron chi connectivity index (χ0n) is 17.1. The first-order valence-electron chi connectivity index (χ1n) is 9.46. The third-order valence-corrected chi connectivity index (χ3v) is 3.95. The minimum Gasteiger partial charge on any atom is -0.491 e. The molecule has 1 amide bonds. The number of pyridine rings is 3. The molecule has 0 bridgehead atoms. The van der Waals surface area contributed by atoms with Crippen LogP contribution in [0.25, 0.3) is 0 Å².